The molecule has 28 heavy (non-hydrogen) atoms. The van der Waals surface area contributed by atoms with E-state index in [0.717, 1.165) is 50.8 Å². The highest BCUT2D eigenvalue weighted by atomic mass is 16.2. The maximum Gasteiger partial charge on any atom is 0.320 e. The van der Waals surface area contributed by atoms with Gasteiger partial charge in [0.25, 0.3) is 0 Å². The Hall–Kier alpha value is -2.04. The molecule has 2 fully saturated rings. The van der Waals surface area contributed by atoms with Crippen molar-refractivity contribution in [3.8, 4) is 0 Å². The predicted molar refractivity (Wildman–Crippen MR) is 111 cm³/mol. The van der Waals surface area contributed by atoms with Crippen LogP contribution in [0.25, 0.3) is 11.0 Å². The normalized spacial score (nSPS) is 29.1. The average molecular weight is 381 g/mol. The van der Waals surface area contributed by atoms with Crippen LogP contribution in [0.2, 0.25) is 0 Å². The minimum Gasteiger partial charge on any atom is -0.334 e. The Labute approximate surface area is 167 Å². The number of imidazole rings is 1. The molecule has 2 aromatic rings. The summed E-state index contributed by atoms with van der Waals surface area (Å²) in [4.78, 5) is 22.3. The Bertz CT molecular complexity index is 939. The number of aromatic nitrogens is 2. The molecule has 0 N–H and O–H groups in total. The van der Waals surface area contributed by atoms with E-state index < -0.39 is 0 Å². The lowest BCUT2D eigenvalue weighted by atomic mass is 9.51. The van der Waals surface area contributed by atoms with E-state index in [1.807, 2.05) is 6.33 Å². The van der Waals surface area contributed by atoms with Gasteiger partial charge in [-0.3, -0.25) is 0 Å². The molecule has 2 atom stereocenters. The summed E-state index contributed by atoms with van der Waals surface area (Å²) in [6.45, 7) is 9.87. The number of urea groups is 1. The van der Waals surface area contributed by atoms with E-state index in [1.165, 1.54) is 23.1 Å². The third-order valence-corrected chi connectivity index (χ3v) is 8.31. The number of benzene rings is 1. The van der Waals surface area contributed by atoms with Crippen molar-refractivity contribution in [2.45, 2.75) is 64.3 Å². The van der Waals surface area contributed by atoms with E-state index in [0.29, 0.717) is 0 Å². The highest BCUT2D eigenvalue weighted by molar-refractivity contribution is 5.79. The fourth-order valence-corrected chi connectivity index (χ4v) is 6.03. The molecule has 2 aliphatic heterocycles. The van der Waals surface area contributed by atoms with Gasteiger partial charge in [0.05, 0.1) is 17.4 Å². The van der Waals surface area contributed by atoms with Crippen molar-refractivity contribution in [3.05, 3.63) is 29.6 Å². The minimum atomic E-state index is 0.0339. The van der Waals surface area contributed by atoms with E-state index in [9.17, 15) is 4.79 Å². The smallest absolute Gasteiger partial charge is 0.320 e. The second-order valence-corrected chi connectivity index (χ2v) is 9.90. The Morgan fingerprint density at radius 1 is 1.11 bits per heavy atom. The van der Waals surface area contributed by atoms with Crippen LogP contribution in [0.5, 0.6) is 0 Å². The summed E-state index contributed by atoms with van der Waals surface area (Å²) in [6, 6.07) is 5.17. The van der Waals surface area contributed by atoms with Gasteiger partial charge in [-0.2, -0.15) is 0 Å². The zero-order chi connectivity index (χ0) is 19.7. The number of piperidine rings is 2. The van der Waals surface area contributed by atoms with Crippen molar-refractivity contribution >= 4 is 17.1 Å². The van der Waals surface area contributed by atoms with Gasteiger partial charge < -0.3 is 14.4 Å². The van der Waals surface area contributed by atoms with Gasteiger partial charge in [-0.05, 0) is 60.8 Å². The number of hydrogen-bond donors (Lipinski definition) is 0. The standard InChI is InChI=1S/C23H32N4O/c1-22(2)20-13-16-12-19-18(24-15-25(19)4)14-17(16)23(22,3)8-11-27(20)21(28)26-9-6-5-7-10-26/h12,14-15,20H,5-11,13H2,1-4H3/t20-,23+/m1/s1. The van der Waals surface area contributed by atoms with Gasteiger partial charge in [0.15, 0.2) is 0 Å². The van der Waals surface area contributed by atoms with Gasteiger partial charge in [-0.25, -0.2) is 9.78 Å². The van der Waals surface area contributed by atoms with Gasteiger partial charge in [-0.15, -0.1) is 0 Å². The fraction of sp³-hybridized carbons (Fsp3) is 0.652. The van der Waals surface area contributed by atoms with Crippen molar-refractivity contribution in [3.63, 3.8) is 0 Å². The van der Waals surface area contributed by atoms with Gasteiger partial charge in [-0.1, -0.05) is 20.8 Å². The average Bonchev–Trinajstić information content (AvgIpc) is 3.04. The highest BCUT2D eigenvalue weighted by Gasteiger charge is 2.57. The lowest BCUT2D eigenvalue weighted by Crippen LogP contribution is -2.66. The summed E-state index contributed by atoms with van der Waals surface area (Å²) in [6.07, 6.45) is 7.41. The summed E-state index contributed by atoms with van der Waals surface area (Å²) in [5.74, 6) is 0. The maximum atomic E-state index is 13.4. The first-order chi connectivity index (χ1) is 13.3. The van der Waals surface area contributed by atoms with Crippen LogP contribution in [0.15, 0.2) is 18.5 Å². The largest absolute Gasteiger partial charge is 0.334 e. The van der Waals surface area contributed by atoms with Crippen molar-refractivity contribution in [1.82, 2.24) is 19.4 Å². The summed E-state index contributed by atoms with van der Waals surface area (Å²) in [5, 5.41) is 0. The highest BCUT2D eigenvalue weighted by Crippen LogP contribution is 2.56. The molecular formula is C23H32N4O. The number of rotatable bonds is 0. The summed E-state index contributed by atoms with van der Waals surface area (Å²) in [5.41, 5.74) is 5.23. The molecule has 0 spiro atoms. The molecule has 5 rings (SSSR count). The van der Waals surface area contributed by atoms with Crippen LogP contribution in [-0.4, -0.2) is 51.1 Å². The molecule has 0 unspecified atom stereocenters. The SMILES string of the molecule is Cn1cnc2cc3c(cc21)C[C@H]1N(C(=O)N2CCCCC2)CC[C@]3(C)C1(C)C. The zero-order valence-electron chi connectivity index (χ0n) is 17.7. The Kier molecular flexibility index (Phi) is 3.85. The zero-order valence-corrected chi connectivity index (χ0v) is 17.7. The van der Waals surface area contributed by atoms with Crippen LogP contribution in [0, 0.1) is 5.41 Å². The lowest BCUT2D eigenvalue weighted by Gasteiger charge is -2.61. The lowest BCUT2D eigenvalue weighted by molar-refractivity contribution is -0.0241. The van der Waals surface area contributed by atoms with Crippen LogP contribution < -0.4 is 0 Å². The summed E-state index contributed by atoms with van der Waals surface area (Å²) >= 11 is 0. The van der Waals surface area contributed by atoms with Gasteiger partial charge >= 0.3 is 6.03 Å². The van der Waals surface area contributed by atoms with E-state index in [-0.39, 0.29) is 22.9 Å². The van der Waals surface area contributed by atoms with Crippen molar-refractivity contribution in [2.24, 2.45) is 12.5 Å². The van der Waals surface area contributed by atoms with Crippen LogP contribution >= 0.6 is 0 Å². The van der Waals surface area contributed by atoms with E-state index in [1.54, 1.807) is 0 Å². The van der Waals surface area contributed by atoms with Crippen molar-refractivity contribution < 1.29 is 4.79 Å². The molecule has 3 aliphatic rings. The van der Waals surface area contributed by atoms with Crippen LogP contribution in [0.3, 0.4) is 0 Å². The molecule has 2 amide bonds. The molecule has 5 nitrogen and oxygen atoms in total. The quantitative estimate of drug-likeness (QED) is 0.691. The first-order valence-corrected chi connectivity index (χ1v) is 10.8. The van der Waals surface area contributed by atoms with Gasteiger partial charge in [0.1, 0.15) is 0 Å². The molecule has 5 heteroatoms. The Morgan fingerprint density at radius 3 is 2.61 bits per heavy atom. The second-order valence-electron chi connectivity index (χ2n) is 9.90. The second kappa shape index (κ2) is 5.98. The molecule has 150 valence electrons. The molecule has 2 bridgehead atoms. The molecule has 1 aromatic carbocycles. The number of aryl methyl sites for hydroxylation is 1. The number of likely N-dealkylation sites (tertiary alicyclic amines) is 2. The molecule has 0 radical (unpaired) electrons. The van der Waals surface area contributed by atoms with Crippen LogP contribution in [0.4, 0.5) is 4.79 Å². The van der Waals surface area contributed by atoms with Crippen LogP contribution in [0.1, 0.15) is 57.6 Å². The number of fused-ring (bicyclic) bond motifs is 5. The maximum absolute atomic E-state index is 13.4. The molecule has 2 saturated heterocycles. The van der Waals surface area contributed by atoms with Crippen molar-refractivity contribution in [2.75, 3.05) is 19.6 Å². The van der Waals surface area contributed by atoms with E-state index >= 15 is 0 Å². The third kappa shape index (κ3) is 2.31. The molecule has 1 aliphatic carbocycles. The summed E-state index contributed by atoms with van der Waals surface area (Å²) < 4.78 is 2.10. The molecule has 3 heterocycles. The summed E-state index contributed by atoms with van der Waals surface area (Å²) in [7, 11) is 2.06. The monoisotopic (exact) mass is 380 g/mol. The minimum absolute atomic E-state index is 0.0339. The predicted octanol–water partition coefficient (Wildman–Crippen LogP) is 4.09. The van der Waals surface area contributed by atoms with Crippen LogP contribution in [-0.2, 0) is 18.9 Å². The number of nitrogens with zero attached hydrogens (tertiary/aromatic N) is 4. The number of amides is 2. The number of carbonyl (C=O) groups excluding carboxylic acids is 1. The Morgan fingerprint density at radius 2 is 1.86 bits per heavy atom. The van der Waals surface area contributed by atoms with E-state index in [4.69, 9.17) is 0 Å². The molecular weight excluding hydrogens is 348 g/mol. The first-order valence-electron chi connectivity index (χ1n) is 10.8. The number of carbonyl (C=O) groups is 1. The Balaban J connectivity index is 1.57. The fourth-order valence-electron chi connectivity index (χ4n) is 6.03. The van der Waals surface area contributed by atoms with Crippen molar-refractivity contribution in [1.29, 1.82) is 0 Å². The number of hydrogen-bond acceptors (Lipinski definition) is 2. The molecule has 0 saturated carbocycles. The topological polar surface area (TPSA) is 41.4 Å². The molecule has 1 aromatic heterocycles. The van der Waals surface area contributed by atoms with Gasteiger partial charge in [0.2, 0.25) is 0 Å². The first kappa shape index (κ1) is 18.0. The van der Waals surface area contributed by atoms with Gasteiger partial charge in [0, 0.05) is 38.1 Å². The third-order valence-electron chi connectivity index (χ3n) is 8.31. The van der Waals surface area contributed by atoms with E-state index in [2.05, 4.69) is 59.3 Å².